The second kappa shape index (κ2) is 5.47. The number of nitrogens with two attached hydrogens (primary N) is 1. The quantitative estimate of drug-likeness (QED) is 0.634. The van der Waals surface area contributed by atoms with E-state index in [1.807, 2.05) is 13.8 Å². The van der Waals surface area contributed by atoms with Crippen molar-refractivity contribution < 1.29 is 17.2 Å². The predicted octanol–water partition coefficient (Wildman–Crippen LogP) is 0.569. The summed E-state index contributed by atoms with van der Waals surface area (Å²) in [6.45, 7) is 6.12. The maximum Gasteiger partial charge on any atom is 0.397 e. The van der Waals surface area contributed by atoms with Crippen molar-refractivity contribution >= 4 is 10.4 Å². The molecular formula is C6H17NO4S. The largest absolute Gasteiger partial charge is 0.397 e. The van der Waals surface area contributed by atoms with Crippen LogP contribution in [0.2, 0.25) is 0 Å². The van der Waals surface area contributed by atoms with Crippen LogP contribution in [0, 0.1) is 0 Å². The van der Waals surface area contributed by atoms with Crippen molar-refractivity contribution in [3.63, 3.8) is 0 Å². The highest BCUT2D eigenvalue weighted by molar-refractivity contribution is 7.80. The molecule has 5 nitrogen and oxygen atoms in total. The van der Waals surface area contributed by atoms with E-state index in [0.717, 1.165) is 13.5 Å². The molecule has 0 saturated carbocycles. The van der Waals surface area contributed by atoms with E-state index >= 15 is 0 Å². The SMILES string of the molecule is CCC(C)(C)N.COS(=O)(=O)O. The smallest absolute Gasteiger partial charge is 0.326 e. The highest BCUT2D eigenvalue weighted by Gasteiger charge is 2.03. The van der Waals surface area contributed by atoms with Gasteiger partial charge in [-0.05, 0) is 20.3 Å². The summed E-state index contributed by atoms with van der Waals surface area (Å²) < 4.78 is 29.7. The standard InChI is InChI=1S/C5H13N.CH4O4S/c1-4-5(2,3)6;1-5-6(2,3)4/h4,6H2,1-3H3;1H3,(H,2,3,4). The Balaban J connectivity index is 0. The van der Waals surface area contributed by atoms with E-state index in [1.54, 1.807) is 0 Å². The predicted molar refractivity (Wildman–Crippen MR) is 47.1 cm³/mol. The Kier molecular flexibility index (Phi) is 6.55. The molecular weight excluding hydrogens is 182 g/mol. The summed E-state index contributed by atoms with van der Waals surface area (Å²) in [5.41, 5.74) is 5.58. The number of rotatable bonds is 2. The topological polar surface area (TPSA) is 89.6 Å². The number of hydrogen-bond donors (Lipinski definition) is 2. The fraction of sp³-hybridized carbons (Fsp3) is 1.00. The van der Waals surface area contributed by atoms with E-state index in [1.165, 1.54) is 0 Å². The molecule has 0 spiro atoms. The summed E-state index contributed by atoms with van der Waals surface area (Å²) in [6.07, 6.45) is 1.05. The Labute approximate surface area is 73.9 Å². The van der Waals surface area contributed by atoms with E-state index in [2.05, 4.69) is 11.1 Å². The summed E-state index contributed by atoms with van der Waals surface area (Å²) in [5.74, 6) is 0. The highest BCUT2D eigenvalue weighted by atomic mass is 32.3. The van der Waals surface area contributed by atoms with Crippen molar-refractivity contribution in [2.45, 2.75) is 32.7 Å². The Morgan fingerprint density at radius 2 is 1.67 bits per heavy atom. The molecule has 0 aromatic heterocycles. The summed E-state index contributed by atoms with van der Waals surface area (Å²) in [5, 5.41) is 0. The van der Waals surface area contributed by atoms with Crippen LogP contribution in [-0.2, 0) is 14.6 Å². The Morgan fingerprint density at radius 1 is 1.50 bits per heavy atom. The van der Waals surface area contributed by atoms with Crippen LogP contribution in [0.15, 0.2) is 0 Å². The molecule has 6 heteroatoms. The molecule has 3 N–H and O–H groups in total. The molecule has 0 heterocycles. The molecule has 0 rings (SSSR count). The normalized spacial score (nSPS) is 11.8. The third-order valence-corrected chi connectivity index (χ3v) is 1.54. The van der Waals surface area contributed by atoms with Crippen LogP contribution in [0.1, 0.15) is 27.2 Å². The van der Waals surface area contributed by atoms with E-state index in [4.69, 9.17) is 10.3 Å². The average Bonchev–Trinajstić information content (AvgIpc) is 1.86. The fourth-order valence-electron chi connectivity index (χ4n) is 0. The zero-order valence-electron chi connectivity index (χ0n) is 7.86. The van der Waals surface area contributed by atoms with Gasteiger partial charge in [-0.3, -0.25) is 8.74 Å². The van der Waals surface area contributed by atoms with Gasteiger partial charge < -0.3 is 5.73 Å². The lowest BCUT2D eigenvalue weighted by Gasteiger charge is -2.13. The summed E-state index contributed by atoms with van der Waals surface area (Å²) in [7, 11) is -3.29. The van der Waals surface area contributed by atoms with Gasteiger partial charge in [0.15, 0.2) is 0 Å². The van der Waals surface area contributed by atoms with Gasteiger partial charge in [0, 0.05) is 5.54 Å². The fourth-order valence-corrected chi connectivity index (χ4v) is 0. The minimum Gasteiger partial charge on any atom is -0.326 e. The van der Waals surface area contributed by atoms with Crippen LogP contribution < -0.4 is 5.73 Å². The molecule has 12 heavy (non-hydrogen) atoms. The van der Waals surface area contributed by atoms with Crippen LogP contribution in [-0.4, -0.2) is 25.6 Å². The second-order valence-electron chi connectivity index (χ2n) is 2.94. The van der Waals surface area contributed by atoms with Crippen molar-refractivity contribution in [3.8, 4) is 0 Å². The van der Waals surface area contributed by atoms with E-state index in [0.29, 0.717) is 0 Å². The molecule has 0 aromatic carbocycles. The van der Waals surface area contributed by atoms with Gasteiger partial charge in [-0.15, -0.1) is 0 Å². The molecule has 0 aliphatic heterocycles. The van der Waals surface area contributed by atoms with Gasteiger partial charge in [0.1, 0.15) is 0 Å². The lowest BCUT2D eigenvalue weighted by Crippen LogP contribution is -2.30. The zero-order valence-corrected chi connectivity index (χ0v) is 8.68. The third-order valence-electron chi connectivity index (χ3n) is 1.12. The molecule has 0 radical (unpaired) electrons. The highest BCUT2D eigenvalue weighted by Crippen LogP contribution is 1.99. The number of hydrogen-bond acceptors (Lipinski definition) is 4. The monoisotopic (exact) mass is 199 g/mol. The third kappa shape index (κ3) is 22.5. The zero-order chi connectivity index (χ0) is 10.4. The minimum atomic E-state index is -4.16. The van der Waals surface area contributed by atoms with Crippen LogP contribution >= 0.6 is 0 Å². The Hall–Kier alpha value is -0.170. The van der Waals surface area contributed by atoms with Crippen molar-refractivity contribution in [2.24, 2.45) is 5.73 Å². The van der Waals surface area contributed by atoms with Crippen molar-refractivity contribution in [1.82, 2.24) is 0 Å². The Bertz CT molecular complexity index is 192. The molecule has 0 aliphatic carbocycles. The van der Waals surface area contributed by atoms with Gasteiger partial charge in [-0.1, -0.05) is 6.92 Å². The van der Waals surface area contributed by atoms with Crippen molar-refractivity contribution in [2.75, 3.05) is 7.11 Å². The first-order chi connectivity index (χ1) is 5.12. The lowest BCUT2D eigenvalue weighted by atomic mass is 10.1. The van der Waals surface area contributed by atoms with Crippen LogP contribution in [0.3, 0.4) is 0 Å². The first-order valence-corrected chi connectivity index (χ1v) is 4.81. The molecule has 0 fully saturated rings. The van der Waals surface area contributed by atoms with E-state index < -0.39 is 10.4 Å². The van der Waals surface area contributed by atoms with E-state index in [9.17, 15) is 8.42 Å². The first-order valence-electron chi connectivity index (χ1n) is 3.44. The van der Waals surface area contributed by atoms with Crippen LogP contribution in [0.5, 0.6) is 0 Å². The second-order valence-corrected chi connectivity index (χ2v) is 4.13. The van der Waals surface area contributed by atoms with Gasteiger partial charge >= 0.3 is 10.4 Å². The summed E-state index contributed by atoms with van der Waals surface area (Å²) in [4.78, 5) is 0. The van der Waals surface area contributed by atoms with Gasteiger partial charge in [0.2, 0.25) is 0 Å². The van der Waals surface area contributed by atoms with Gasteiger partial charge in [-0.25, -0.2) is 0 Å². The molecule has 0 aromatic rings. The van der Waals surface area contributed by atoms with Crippen LogP contribution in [0.25, 0.3) is 0 Å². The molecule has 0 amide bonds. The molecule has 76 valence electrons. The lowest BCUT2D eigenvalue weighted by molar-refractivity contribution is 0.324. The van der Waals surface area contributed by atoms with Crippen molar-refractivity contribution in [3.05, 3.63) is 0 Å². The molecule has 0 aliphatic rings. The molecule has 0 atom stereocenters. The molecule has 0 bridgehead atoms. The van der Waals surface area contributed by atoms with Gasteiger partial charge in [0.25, 0.3) is 0 Å². The first kappa shape index (κ1) is 14.4. The molecule has 0 unspecified atom stereocenters. The van der Waals surface area contributed by atoms with Gasteiger partial charge in [-0.2, -0.15) is 8.42 Å². The average molecular weight is 199 g/mol. The maximum absolute atomic E-state index is 9.33. The van der Waals surface area contributed by atoms with Crippen LogP contribution in [0.4, 0.5) is 0 Å². The van der Waals surface area contributed by atoms with Gasteiger partial charge in [0.05, 0.1) is 7.11 Å². The minimum absolute atomic E-state index is 0.0417. The molecule has 0 saturated heterocycles. The maximum atomic E-state index is 9.33. The summed E-state index contributed by atoms with van der Waals surface area (Å²) in [6, 6.07) is 0. The summed E-state index contributed by atoms with van der Waals surface area (Å²) >= 11 is 0. The van der Waals surface area contributed by atoms with E-state index in [-0.39, 0.29) is 5.54 Å². The van der Waals surface area contributed by atoms with Crippen molar-refractivity contribution in [1.29, 1.82) is 0 Å². The Morgan fingerprint density at radius 3 is 1.67 bits per heavy atom.